The topological polar surface area (TPSA) is 89.6 Å². The molecule has 0 aliphatic carbocycles. The summed E-state index contributed by atoms with van der Waals surface area (Å²) >= 11 is 0. The predicted molar refractivity (Wildman–Crippen MR) is 136 cm³/mol. The Bertz CT molecular complexity index is 1150. The Kier molecular flexibility index (Phi) is 9.23. The summed E-state index contributed by atoms with van der Waals surface area (Å²) in [6, 6.07) is 16.9. The molecule has 0 aliphatic rings. The molecule has 2 N–H and O–H groups in total. The van der Waals surface area contributed by atoms with Gasteiger partial charge in [-0.2, -0.15) is 0 Å². The van der Waals surface area contributed by atoms with Gasteiger partial charge in [0.25, 0.3) is 0 Å². The molecule has 1 unspecified atom stereocenters. The lowest BCUT2D eigenvalue weighted by molar-refractivity contribution is -0.142. The number of methoxy groups -OCH3 is 1. The number of hydrogen-bond donors (Lipinski definition) is 2. The highest BCUT2D eigenvalue weighted by atomic mass is 16.5. The van der Waals surface area contributed by atoms with E-state index in [4.69, 9.17) is 14.5 Å². The van der Waals surface area contributed by atoms with Gasteiger partial charge in [-0.1, -0.05) is 49.4 Å². The highest BCUT2D eigenvalue weighted by molar-refractivity contribution is 5.78. The molecular weight excluding hydrogens is 442 g/mol. The number of esters is 1. The molecule has 2 aromatic carbocycles. The van der Waals surface area contributed by atoms with Crippen molar-refractivity contribution in [2.75, 3.05) is 13.7 Å². The van der Waals surface area contributed by atoms with Crippen LogP contribution in [-0.2, 0) is 22.5 Å². The molecule has 0 spiro atoms. The molecular formula is C28H33N3O4. The zero-order valence-electron chi connectivity index (χ0n) is 20.8. The minimum absolute atomic E-state index is 0.156. The van der Waals surface area contributed by atoms with Crippen LogP contribution in [0.2, 0.25) is 0 Å². The molecule has 0 saturated heterocycles. The maximum absolute atomic E-state index is 12.7. The molecule has 3 aromatic rings. The van der Waals surface area contributed by atoms with Crippen LogP contribution in [0.25, 0.3) is 11.3 Å². The van der Waals surface area contributed by atoms with Gasteiger partial charge in [0.1, 0.15) is 5.75 Å². The molecule has 1 aromatic heterocycles. The lowest BCUT2D eigenvalue weighted by Crippen LogP contribution is -2.37. The molecule has 0 saturated carbocycles. The summed E-state index contributed by atoms with van der Waals surface area (Å²) in [5.41, 5.74) is 5.15. The van der Waals surface area contributed by atoms with E-state index in [9.17, 15) is 9.59 Å². The predicted octanol–water partition coefficient (Wildman–Crippen LogP) is 5.12. The van der Waals surface area contributed by atoms with Crippen LogP contribution in [0, 0.1) is 6.92 Å². The first-order valence-electron chi connectivity index (χ1n) is 11.8. The van der Waals surface area contributed by atoms with Gasteiger partial charge in [0.05, 0.1) is 31.9 Å². The monoisotopic (exact) mass is 475 g/mol. The third-order valence-electron chi connectivity index (χ3n) is 5.61. The molecule has 1 heterocycles. The lowest BCUT2D eigenvalue weighted by Gasteiger charge is -2.22. The molecule has 0 radical (unpaired) electrons. The average molecular weight is 476 g/mol. The number of nitrogens with one attached hydrogen (secondary N) is 2. The van der Waals surface area contributed by atoms with Gasteiger partial charge in [-0.05, 0) is 49.1 Å². The zero-order valence-corrected chi connectivity index (χ0v) is 20.8. The SMILES string of the molecule is CCOC(=O)Cc1ccc(OC)c(-c2ncc(C)cc2C(CC)NC(=O)NCc2ccccc2)c1. The summed E-state index contributed by atoms with van der Waals surface area (Å²) in [5.74, 6) is 0.350. The summed E-state index contributed by atoms with van der Waals surface area (Å²) in [6.07, 6.45) is 2.61. The number of pyridine rings is 1. The first-order chi connectivity index (χ1) is 16.9. The van der Waals surface area contributed by atoms with Crippen molar-refractivity contribution in [1.82, 2.24) is 15.6 Å². The first-order valence-corrected chi connectivity index (χ1v) is 11.8. The van der Waals surface area contributed by atoms with E-state index in [1.54, 1.807) is 20.2 Å². The maximum Gasteiger partial charge on any atom is 0.315 e. The number of urea groups is 1. The Morgan fingerprint density at radius 2 is 1.80 bits per heavy atom. The molecule has 0 fully saturated rings. The van der Waals surface area contributed by atoms with Gasteiger partial charge in [-0.3, -0.25) is 9.78 Å². The summed E-state index contributed by atoms with van der Waals surface area (Å²) in [4.78, 5) is 29.5. The average Bonchev–Trinajstić information content (AvgIpc) is 2.86. The van der Waals surface area contributed by atoms with Crippen molar-refractivity contribution in [3.8, 4) is 17.0 Å². The molecule has 0 bridgehead atoms. The molecule has 0 aliphatic heterocycles. The van der Waals surface area contributed by atoms with Gasteiger partial charge in [0, 0.05) is 23.9 Å². The third-order valence-corrected chi connectivity index (χ3v) is 5.61. The fraction of sp³-hybridized carbons (Fsp3) is 0.321. The van der Waals surface area contributed by atoms with Crippen molar-refractivity contribution in [3.63, 3.8) is 0 Å². The van der Waals surface area contributed by atoms with Gasteiger partial charge in [-0.15, -0.1) is 0 Å². The van der Waals surface area contributed by atoms with Crippen molar-refractivity contribution in [3.05, 3.63) is 83.0 Å². The van der Waals surface area contributed by atoms with E-state index in [-0.39, 0.29) is 24.5 Å². The van der Waals surface area contributed by atoms with Gasteiger partial charge < -0.3 is 20.1 Å². The molecule has 2 amide bonds. The number of carbonyl (C=O) groups is 2. The van der Waals surface area contributed by atoms with E-state index in [2.05, 4.69) is 10.6 Å². The molecule has 3 rings (SSSR count). The smallest absolute Gasteiger partial charge is 0.315 e. The molecule has 184 valence electrons. The van der Waals surface area contributed by atoms with Crippen molar-refractivity contribution < 1.29 is 19.1 Å². The molecule has 1 atom stereocenters. The Morgan fingerprint density at radius 1 is 1.03 bits per heavy atom. The van der Waals surface area contributed by atoms with E-state index >= 15 is 0 Å². The van der Waals surface area contributed by atoms with Crippen molar-refractivity contribution >= 4 is 12.0 Å². The highest BCUT2D eigenvalue weighted by Crippen LogP contribution is 2.35. The molecule has 7 nitrogen and oxygen atoms in total. The van der Waals surface area contributed by atoms with Gasteiger partial charge in [0.15, 0.2) is 0 Å². The first kappa shape index (κ1) is 25.7. The van der Waals surface area contributed by atoms with E-state index in [1.165, 1.54) is 0 Å². The van der Waals surface area contributed by atoms with E-state index < -0.39 is 0 Å². The number of aromatic nitrogens is 1. The Labute approximate surface area is 206 Å². The van der Waals surface area contributed by atoms with Gasteiger partial charge >= 0.3 is 12.0 Å². The summed E-state index contributed by atoms with van der Waals surface area (Å²) in [5, 5.41) is 6.01. The van der Waals surface area contributed by atoms with Crippen LogP contribution in [0.15, 0.2) is 60.8 Å². The second-order valence-electron chi connectivity index (χ2n) is 8.24. The fourth-order valence-electron chi connectivity index (χ4n) is 3.90. The van der Waals surface area contributed by atoms with Crippen molar-refractivity contribution in [2.45, 2.75) is 46.2 Å². The molecule has 7 heteroatoms. The minimum Gasteiger partial charge on any atom is -0.496 e. The highest BCUT2D eigenvalue weighted by Gasteiger charge is 2.21. The standard InChI is InChI=1S/C28H33N3O4/c1-5-24(31-28(33)30-18-20-10-8-7-9-11-20)22-14-19(3)17-29-27(22)23-15-21(12-13-25(23)34-4)16-26(32)35-6-2/h7-15,17,24H,5-6,16,18H2,1-4H3,(H2,30,31,33). The third kappa shape index (κ3) is 7.06. The van der Waals surface area contributed by atoms with E-state index in [1.807, 2.05) is 68.4 Å². The Morgan fingerprint density at radius 3 is 2.49 bits per heavy atom. The Hall–Kier alpha value is -3.87. The van der Waals surface area contributed by atoms with E-state index in [0.29, 0.717) is 31.0 Å². The number of amides is 2. The summed E-state index contributed by atoms with van der Waals surface area (Å²) in [7, 11) is 1.60. The largest absolute Gasteiger partial charge is 0.496 e. The number of aryl methyl sites for hydroxylation is 1. The number of carbonyl (C=O) groups excluding carboxylic acids is 2. The number of benzene rings is 2. The fourth-order valence-corrected chi connectivity index (χ4v) is 3.90. The minimum atomic E-state index is -0.288. The Balaban J connectivity index is 1.89. The quantitative estimate of drug-likeness (QED) is 0.397. The normalized spacial score (nSPS) is 11.4. The van der Waals surface area contributed by atoms with Crippen LogP contribution in [-0.4, -0.2) is 30.7 Å². The second-order valence-corrected chi connectivity index (χ2v) is 8.24. The van der Waals surface area contributed by atoms with Crippen LogP contribution in [0.4, 0.5) is 4.79 Å². The van der Waals surface area contributed by atoms with Crippen LogP contribution in [0.3, 0.4) is 0 Å². The van der Waals surface area contributed by atoms with Crippen LogP contribution >= 0.6 is 0 Å². The molecule has 35 heavy (non-hydrogen) atoms. The van der Waals surface area contributed by atoms with Crippen LogP contribution < -0.4 is 15.4 Å². The number of ether oxygens (including phenoxy) is 2. The maximum atomic E-state index is 12.7. The van der Waals surface area contributed by atoms with E-state index in [0.717, 1.165) is 27.8 Å². The summed E-state index contributed by atoms with van der Waals surface area (Å²) in [6.45, 7) is 6.54. The van der Waals surface area contributed by atoms with Crippen LogP contribution in [0.1, 0.15) is 48.6 Å². The van der Waals surface area contributed by atoms with Gasteiger partial charge in [0.2, 0.25) is 0 Å². The number of hydrogen-bond acceptors (Lipinski definition) is 5. The van der Waals surface area contributed by atoms with Crippen LogP contribution in [0.5, 0.6) is 5.75 Å². The van der Waals surface area contributed by atoms with Gasteiger partial charge in [-0.25, -0.2) is 4.79 Å². The van der Waals surface area contributed by atoms with Crippen molar-refractivity contribution in [2.24, 2.45) is 0 Å². The number of rotatable bonds is 10. The zero-order chi connectivity index (χ0) is 25.2. The second kappa shape index (κ2) is 12.6. The lowest BCUT2D eigenvalue weighted by atomic mass is 9.95. The van der Waals surface area contributed by atoms with Crippen molar-refractivity contribution in [1.29, 1.82) is 0 Å². The summed E-state index contributed by atoms with van der Waals surface area (Å²) < 4.78 is 10.7. The number of nitrogens with zero attached hydrogens (tertiary/aromatic N) is 1.